The number of hydroxylamine groups is 2. The molecule has 0 aliphatic rings. The van der Waals surface area contributed by atoms with Crippen molar-refractivity contribution in [2.24, 2.45) is 0 Å². The standard InChI is InChI=1S/C18H17NO3/c1-14(20)22-19(2)13-12-18(21)17-10-8-16(9-11-17)15-6-4-3-5-7-15/h3-13H,1-2H3/b13-12-. The van der Waals surface area contributed by atoms with Gasteiger partial charge in [-0.2, -0.15) is 0 Å². The van der Waals surface area contributed by atoms with Gasteiger partial charge in [-0.25, -0.2) is 5.06 Å². The van der Waals surface area contributed by atoms with E-state index in [4.69, 9.17) is 4.84 Å². The summed E-state index contributed by atoms with van der Waals surface area (Å²) in [7, 11) is 1.55. The van der Waals surface area contributed by atoms with Crippen LogP contribution in [0.5, 0.6) is 0 Å². The predicted molar refractivity (Wildman–Crippen MR) is 84.9 cm³/mol. The molecule has 2 aromatic rings. The highest BCUT2D eigenvalue weighted by Gasteiger charge is 2.04. The predicted octanol–water partition coefficient (Wildman–Crippen LogP) is 3.46. The second kappa shape index (κ2) is 7.22. The highest BCUT2D eigenvalue weighted by Crippen LogP contribution is 2.19. The Kier molecular flexibility index (Phi) is 5.09. The van der Waals surface area contributed by atoms with Gasteiger partial charge in [0.05, 0.1) is 0 Å². The molecule has 0 spiro atoms. The van der Waals surface area contributed by atoms with Crippen molar-refractivity contribution >= 4 is 11.8 Å². The van der Waals surface area contributed by atoms with Gasteiger partial charge in [0, 0.05) is 31.8 Å². The van der Waals surface area contributed by atoms with Gasteiger partial charge in [0.1, 0.15) is 0 Å². The number of rotatable bonds is 5. The second-order valence-corrected chi connectivity index (χ2v) is 4.75. The Labute approximate surface area is 129 Å². The molecule has 22 heavy (non-hydrogen) atoms. The van der Waals surface area contributed by atoms with Gasteiger partial charge in [-0.1, -0.05) is 54.6 Å². The molecule has 0 aliphatic heterocycles. The van der Waals surface area contributed by atoms with Crippen molar-refractivity contribution in [2.75, 3.05) is 7.05 Å². The summed E-state index contributed by atoms with van der Waals surface area (Å²) in [5.74, 6) is -0.592. The van der Waals surface area contributed by atoms with Crippen LogP contribution >= 0.6 is 0 Å². The summed E-state index contributed by atoms with van der Waals surface area (Å²) < 4.78 is 0. The van der Waals surface area contributed by atoms with Crippen LogP contribution in [0, 0.1) is 0 Å². The van der Waals surface area contributed by atoms with E-state index in [-0.39, 0.29) is 5.78 Å². The average Bonchev–Trinajstić information content (AvgIpc) is 2.53. The van der Waals surface area contributed by atoms with E-state index in [1.807, 2.05) is 42.5 Å². The summed E-state index contributed by atoms with van der Waals surface area (Å²) in [6.07, 6.45) is 2.77. The number of ketones is 1. The van der Waals surface area contributed by atoms with Crippen LogP contribution in [0.2, 0.25) is 0 Å². The van der Waals surface area contributed by atoms with E-state index in [1.165, 1.54) is 24.3 Å². The molecule has 0 heterocycles. The Morgan fingerprint density at radius 1 is 0.955 bits per heavy atom. The van der Waals surface area contributed by atoms with Crippen molar-refractivity contribution < 1.29 is 14.4 Å². The molecule has 0 saturated carbocycles. The molecule has 0 saturated heterocycles. The molecular weight excluding hydrogens is 278 g/mol. The zero-order valence-electron chi connectivity index (χ0n) is 12.5. The first-order valence-corrected chi connectivity index (χ1v) is 6.85. The van der Waals surface area contributed by atoms with Gasteiger partial charge in [0.15, 0.2) is 5.78 Å². The number of nitrogens with zero attached hydrogens (tertiary/aromatic N) is 1. The van der Waals surface area contributed by atoms with Gasteiger partial charge >= 0.3 is 5.97 Å². The van der Waals surface area contributed by atoms with Crippen molar-refractivity contribution in [1.29, 1.82) is 0 Å². The quantitative estimate of drug-likeness (QED) is 0.481. The summed E-state index contributed by atoms with van der Waals surface area (Å²) in [4.78, 5) is 27.6. The zero-order chi connectivity index (χ0) is 15.9. The number of allylic oxidation sites excluding steroid dienone is 1. The Hall–Kier alpha value is -2.88. The summed E-state index contributed by atoms with van der Waals surface area (Å²) in [6.45, 7) is 1.30. The maximum absolute atomic E-state index is 12.0. The van der Waals surface area contributed by atoms with Crippen LogP contribution in [0.4, 0.5) is 0 Å². The molecule has 112 valence electrons. The van der Waals surface area contributed by atoms with Crippen LogP contribution in [-0.4, -0.2) is 23.9 Å². The Morgan fingerprint density at radius 2 is 1.55 bits per heavy atom. The molecule has 4 heteroatoms. The highest BCUT2D eigenvalue weighted by molar-refractivity contribution is 6.04. The molecule has 0 bridgehead atoms. The molecule has 4 nitrogen and oxygen atoms in total. The molecular formula is C18H17NO3. The lowest BCUT2D eigenvalue weighted by molar-refractivity contribution is -0.170. The first-order chi connectivity index (χ1) is 10.6. The van der Waals surface area contributed by atoms with Gasteiger partial charge < -0.3 is 4.84 Å². The van der Waals surface area contributed by atoms with E-state index in [9.17, 15) is 9.59 Å². The lowest BCUT2D eigenvalue weighted by Crippen LogP contribution is -2.15. The zero-order valence-corrected chi connectivity index (χ0v) is 12.5. The largest absolute Gasteiger partial charge is 0.342 e. The van der Waals surface area contributed by atoms with Crippen molar-refractivity contribution in [3.05, 3.63) is 72.4 Å². The van der Waals surface area contributed by atoms with E-state index < -0.39 is 5.97 Å². The third kappa shape index (κ3) is 4.31. The lowest BCUT2D eigenvalue weighted by atomic mass is 10.0. The highest BCUT2D eigenvalue weighted by atomic mass is 16.7. The first-order valence-electron chi connectivity index (χ1n) is 6.85. The number of carbonyl (C=O) groups excluding carboxylic acids is 2. The Morgan fingerprint density at radius 3 is 2.14 bits per heavy atom. The molecule has 2 rings (SSSR count). The van der Waals surface area contributed by atoms with Gasteiger partial charge in [0.2, 0.25) is 0 Å². The van der Waals surface area contributed by atoms with Crippen molar-refractivity contribution in [3.63, 3.8) is 0 Å². The van der Waals surface area contributed by atoms with E-state index in [0.717, 1.165) is 11.1 Å². The fourth-order valence-electron chi connectivity index (χ4n) is 1.96. The molecule has 0 aromatic heterocycles. The van der Waals surface area contributed by atoms with Crippen LogP contribution in [0.25, 0.3) is 11.1 Å². The van der Waals surface area contributed by atoms with Crippen LogP contribution in [-0.2, 0) is 9.63 Å². The maximum atomic E-state index is 12.0. The monoisotopic (exact) mass is 295 g/mol. The van der Waals surface area contributed by atoms with E-state index in [0.29, 0.717) is 5.56 Å². The van der Waals surface area contributed by atoms with Crippen molar-refractivity contribution in [3.8, 4) is 11.1 Å². The fraction of sp³-hybridized carbons (Fsp3) is 0.111. The van der Waals surface area contributed by atoms with Gasteiger partial charge in [-0.3, -0.25) is 9.59 Å². The van der Waals surface area contributed by atoms with Crippen molar-refractivity contribution in [2.45, 2.75) is 6.92 Å². The molecule has 0 unspecified atom stereocenters. The molecule has 0 amide bonds. The van der Waals surface area contributed by atoms with Crippen LogP contribution < -0.4 is 0 Å². The SMILES string of the molecule is CC(=O)ON(C)/C=C\C(=O)c1ccc(-c2ccccc2)cc1. The summed E-state index contributed by atoms with van der Waals surface area (Å²) >= 11 is 0. The minimum absolute atomic E-state index is 0.154. The van der Waals surface area contributed by atoms with Gasteiger partial charge in [0.25, 0.3) is 0 Å². The molecule has 2 aromatic carbocycles. The average molecular weight is 295 g/mol. The van der Waals surface area contributed by atoms with E-state index in [2.05, 4.69) is 0 Å². The Bertz CT molecular complexity index is 675. The minimum atomic E-state index is -0.438. The van der Waals surface area contributed by atoms with E-state index >= 15 is 0 Å². The maximum Gasteiger partial charge on any atom is 0.329 e. The molecule has 0 aliphatic carbocycles. The fourth-order valence-corrected chi connectivity index (χ4v) is 1.96. The normalized spacial score (nSPS) is 10.5. The number of hydrogen-bond acceptors (Lipinski definition) is 4. The number of hydrogen-bond donors (Lipinski definition) is 0. The second-order valence-electron chi connectivity index (χ2n) is 4.75. The smallest absolute Gasteiger partial charge is 0.329 e. The molecule has 0 atom stereocenters. The van der Waals surface area contributed by atoms with Crippen LogP contribution in [0.15, 0.2) is 66.9 Å². The Balaban J connectivity index is 2.05. The number of benzene rings is 2. The summed E-state index contributed by atoms with van der Waals surface area (Å²) in [5.41, 5.74) is 2.73. The third-order valence-electron chi connectivity index (χ3n) is 2.98. The topological polar surface area (TPSA) is 46.6 Å². The minimum Gasteiger partial charge on any atom is -0.342 e. The molecule has 0 N–H and O–H groups in total. The molecule has 0 radical (unpaired) electrons. The first kappa shape index (κ1) is 15.5. The van der Waals surface area contributed by atoms with Crippen LogP contribution in [0.1, 0.15) is 17.3 Å². The lowest BCUT2D eigenvalue weighted by Gasteiger charge is -2.10. The number of carbonyl (C=O) groups is 2. The van der Waals surface area contributed by atoms with E-state index in [1.54, 1.807) is 19.2 Å². The molecule has 0 fully saturated rings. The summed E-state index contributed by atoms with van der Waals surface area (Å²) in [6, 6.07) is 17.3. The van der Waals surface area contributed by atoms with Crippen LogP contribution in [0.3, 0.4) is 0 Å². The van der Waals surface area contributed by atoms with Gasteiger partial charge in [-0.05, 0) is 11.1 Å². The third-order valence-corrected chi connectivity index (χ3v) is 2.98. The van der Waals surface area contributed by atoms with Gasteiger partial charge in [-0.15, -0.1) is 0 Å². The van der Waals surface area contributed by atoms with Crippen molar-refractivity contribution in [1.82, 2.24) is 5.06 Å². The summed E-state index contributed by atoms with van der Waals surface area (Å²) in [5, 5.41) is 1.19.